The van der Waals surface area contributed by atoms with Crippen molar-refractivity contribution in [3.05, 3.63) is 18.2 Å². The molecule has 13 heteroatoms. The van der Waals surface area contributed by atoms with Crippen LogP contribution in [0.4, 0.5) is 0 Å². The fraction of sp³-hybridized carbons (Fsp3) is 0.667. The highest BCUT2D eigenvalue weighted by atomic mass is 32.2. The molecule has 6 N–H and O–H groups in total. The second-order valence-corrected chi connectivity index (χ2v) is 10.1. The highest BCUT2D eigenvalue weighted by Gasteiger charge is 2.38. The molecule has 4 unspecified atom stereocenters. The lowest BCUT2D eigenvalue weighted by molar-refractivity contribution is -0.149. The number of carboxylic acid groups (broad SMARTS) is 1. The lowest BCUT2D eigenvalue weighted by Crippen LogP contribution is -2.57. The van der Waals surface area contributed by atoms with Crippen LogP contribution in [0.3, 0.4) is 0 Å². The lowest BCUT2D eigenvalue weighted by atomic mass is 10.1. The summed E-state index contributed by atoms with van der Waals surface area (Å²) in [6.07, 6.45) is 8.82. The number of nitrogens with zero attached hydrogens (tertiary/aromatic N) is 2. The number of likely N-dealkylation sites (tertiary alicyclic amines) is 1. The first-order valence-corrected chi connectivity index (χ1v) is 13.9. The number of carbonyl (C=O) groups excluding carboxylic acids is 3. The second-order valence-electron chi connectivity index (χ2n) is 8.10. The molecule has 3 amide bonds. The number of hydrogen-bond acceptors (Lipinski definition) is 8. The van der Waals surface area contributed by atoms with Crippen molar-refractivity contribution >= 4 is 47.2 Å². The van der Waals surface area contributed by atoms with Crippen LogP contribution >= 0.6 is 23.5 Å². The number of rotatable bonds is 14. The zero-order valence-corrected chi connectivity index (χ0v) is 21.1. The maximum Gasteiger partial charge on any atom is 0.326 e. The molecule has 2 rings (SSSR count). The monoisotopic (exact) mass is 514 g/mol. The average Bonchev–Trinajstić information content (AvgIpc) is 3.50. The first-order chi connectivity index (χ1) is 16.3. The summed E-state index contributed by atoms with van der Waals surface area (Å²) in [6, 6.07) is -3.49. The molecule has 190 valence electrons. The maximum atomic E-state index is 13.2. The van der Waals surface area contributed by atoms with Crippen LogP contribution < -0.4 is 16.4 Å². The third-order valence-corrected chi connectivity index (χ3v) is 6.91. The van der Waals surface area contributed by atoms with Crippen LogP contribution in [0.2, 0.25) is 0 Å². The van der Waals surface area contributed by atoms with Gasteiger partial charge >= 0.3 is 5.97 Å². The smallest absolute Gasteiger partial charge is 0.326 e. The van der Waals surface area contributed by atoms with E-state index < -0.39 is 47.9 Å². The van der Waals surface area contributed by atoms with E-state index in [1.807, 2.05) is 12.5 Å². The van der Waals surface area contributed by atoms with Gasteiger partial charge < -0.3 is 31.4 Å². The van der Waals surface area contributed by atoms with E-state index in [1.165, 1.54) is 34.8 Å². The number of hydrogen-bond donors (Lipinski definition) is 5. The van der Waals surface area contributed by atoms with Gasteiger partial charge in [0.2, 0.25) is 17.7 Å². The standard InChI is InChI=1S/C21H34N6O5S2/c1-33-8-5-15(25-18(28)14(22)10-13-11-23-12-24-13)19(29)26-16(6-9-34-2)20(30)27-7-3-4-17(27)21(31)32/h11-12,14-17H,3-10,22H2,1-2H3,(H,23,24)(H,25,28)(H,26,29)(H,31,32). The Morgan fingerprint density at radius 3 is 2.41 bits per heavy atom. The molecule has 0 spiro atoms. The molecule has 0 saturated carbocycles. The van der Waals surface area contributed by atoms with Crippen LogP contribution in [0, 0.1) is 0 Å². The van der Waals surface area contributed by atoms with E-state index in [1.54, 1.807) is 6.20 Å². The van der Waals surface area contributed by atoms with Gasteiger partial charge in [0.1, 0.15) is 18.1 Å². The summed E-state index contributed by atoms with van der Waals surface area (Å²) in [5, 5.41) is 14.9. The van der Waals surface area contributed by atoms with Gasteiger partial charge in [-0.15, -0.1) is 0 Å². The van der Waals surface area contributed by atoms with Crippen LogP contribution in [-0.2, 0) is 25.6 Å². The molecule has 1 saturated heterocycles. The van der Waals surface area contributed by atoms with Gasteiger partial charge in [0.25, 0.3) is 0 Å². The number of nitrogens with one attached hydrogen (secondary N) is 3. The molecular weight excluding hydrogens is 480 g/mol. The van der Waals surface area contributed by atoms with Crippen molar-refractivity contribution in [2.75, 3.05) is 30.6 Å². The number of aromatic nitrogens is 2. The molecule has 1 aliphatic rings. The molecule has 34 heavy (non-hydrogen) atoms. The maximum absolute atomic E-state index is 13.2. The number of H-pyrrole nitrogens is 1. The number of thioether (sulfide) groups is 2. The Balaban J connectivity index is 2.08. The predicted octanol–water partition coefficient (Wildman–Crippen LogP) is -0.169. The minimum Gasteiger partial charge on any atom is -0.480 e. The van der Waals surface area contributed by atoms with Crippen LogP contribution in [0.5, 0.6) is 0 Å². The van der Waals surface area contributed by atoms with Gasteiger partial charge in [0.05, 0.1) is 12.4 Å². The Labute approximate surface area is 207 Å². The Bertz CT molecular complexity index is 825. The molecule has 0 bridgehead atoms. The number of carbonyl (C=O) groups is 4. The lowest BCUT2D eigenvalue weighted by Gasteiger charge is -2.29. The topological polar surface area (TPSA) is 171 Å². The molecule has 0 aromatic carbocycles. The summed E-state index contributed by atoms with van der Waals surface area (Å²) < 4.78 is 0. The highest BCUT2D eigenvalue weighted by molar-refractivity contribution is 7.98. The molecule has 2 heterocycles. The number of aromatic amines is 1. The quantitative estimate of drug-likeness (QED) is 0.226. The first-order valence-electron chi connectivity index (χ1n) is 11.1. The first kappa shape index (κ1) is 28.0. The van der Waals surface area contributed by atoms with Gasteiger partial charge in [-0.25, -0.2) is 9.78 Å². The van der Waals surface area contributed by atoms with E-state index in [-0.39, 0.29) is 6.42 Å². The van der Waals surface area contributed by atoms with Gasteiger partial charge in [-0.1, -0.05) is 0 Å². The molecule has 1 aromatic heterocycles. The average molecular weight is 515 g/mol. The Morgan fingerprint density at radius 1 is 1.18 bits per heavy atom. The van der Waals surface area contributed by atoms with Crippen molar-refractivity contribution in [1.82, 2.24) is 25.5 Å². The van der Waals surface area contributed by atoms with Gasteiger partial charge in [0, 0.05) is 24.9 Å². The van der Waals surface area contributed by atoms with Crippen molar-refractivity contribution in [2.24, 2.45) is 5.73 Å². The molecule has 4 atom stereocenters. The van der Waals surface area contributed by atoms with Crippen molar-refractivity contribution in [2.45, 2.75) is 56.3 Å². The minimum atomic E-state index is -1.04. The Morgan fingerprint density at radius 2 is 1.82 bits per heavy atom. The van der Waals surface area contributed by atoms with Crippen LogP contribution in [0.25, 0.3) is 0 Å². The van der Waals surface area contributed by atoms with Crippen molar-refractivity contribution in [3.63, 3.8) is 0 Å². The van der Waals surface area contributed by atoms with Crippen molar-refractivity contribution in [3.8, 4) is 0 Å². The van der Waals surface area contributed by atoms with E-state index in [4.69, 9.17) is 5.73 Å². The summed E-state index contributed by atoms with van der Waals surface area (Å²) in [4.78, 5) is 58.7. The zero-order valence-electron chi connectivity index (χ0n) is 19.5. The molecule has 0 aliphatic carbocycles. The summed E-state index contributed by atoms with van der Waals surface area (Å²) in [6.45, 7) is 0.344. The molecule has 0 radical (unpaired) electrons. The third kappa shape index (κ3) is 8.20. The largest absolute Gasteiger partial charge is 0.480 e. The fourth-order valence-corrected chi connectivity index (χ4v) is 4.70. The van der Waals surface area contributed by atoms with Crippen LogP contribution in [-0.4, -0.2) is 98.4 Å². The summed E-state index contributed by atoms with van der Waals surface area (Å²) in [5.74, 6) is -1.19. The van der Waals surface area contributed by atoms with E-state index in [0.29, 0.717) is 49.4 Å². The van der Waals surface area contributed by atoms with Gasteiger partial charge in [-0.05, 0) is 49.7 Å². The van der Waals surface area contributed by atoms with Gasteiger partial charge in [-0.3, -0.25) is 14.4 Å². The number of nitrogens with two attached hydrogens (primary N) is 1. The second kappa shape index (κ2) is 14.2. The van der Waals surface area contributed by atoms with E-state index in [9.17, 15) is 24.3 Å². The molecule has 1 aliphatic heterocycles. The highest BCUT2D eigenvalue weighted by Crippen LogP contribution is 2.20. The van der Waals surface area contributed by atoms with E-state index in [0.717, 1.165) is 0 Å². The number of aliphatic carboxylic acids is 1. The molecule has 1 aromatic rings. The Hall–Kier alpha value is -2.25. The summed E-state index contributed by atoms with van der Waals surface area (Å²) in [7, 11) is 0. The third-order valence-electron chi connectivity index (χ3n) is 5.62. The molecule has 1 fully saturated rings. The minimum absolute atomic E-state index is 0.239. The van der Waals surface area contributed by atoms with Crippen molar-refractivity contribution < 1.29 is 24.3 Å². The fourth-order valence-electron chi connectivity index (χ4n) is 3.76. The SMILES string of the molecule is CSCCC(NC(=O)C(N)Cc1cnc[nH]1)C(=O)NC(CCSC)C(=O)N1CCCC1C(=O)O. The number of imidazole rings is 1. The van der Waals surface area contributed by atoms with E-state index >= 15 is 0 Å². The van der Waals surface area contributed by atoms with Crippen LogP contribution in [0.1, 0.15) is 31.4 Å². The van der Waals surface area contributed by atoms with Crippen LogP contribution in [0.15, 0.2) is 12.5 Å². The van der Waals surface area contributed by atoms with Gasteiger partial charge in [0.15, 0.2) is 0 Å². The summed E-state index contributed by atoms with van der Waals surface area (Å²) >= 11 is 3.06. The molecular formula is C21H34N6O5S2. The zero-order chi connectivity index (χ0) is 25.1. The van der Waals surface area contributed by atoms with Crippen molar-refractivity contribution in [1.29, 1.82) is 0 Å². The normalized spacial score (nSPS) is 18.2. The summed E-state index contributed by atoms with van der Waals surface area (Å²) in [5.41, 5.74) is 6.71. The van der Waals surface area contributed by atoms with Gasteiger partial charge in [-0.2, -0.15) is 23.5 Å². The number of amides is 3. The Kier molecular flexibility index (Phi) is 11.7. The predicted molar refractivity (Wildman–Crippen MR) is 132 cm³/mol. The molecule has 11 nitrogen and oxygen atoms in total. The van der Waals surface area contributed by atoms with E-state index in [2.05, 4.69) is 20.6 Å². The number of carboxylic acids is 1.